The van der Waals surface area contributed by atoms with Crippen molar-refractivity contribution in [2.24, 2.45) is 0 Å². The first-order chi connectivity index (χ1) is 12.7. The quantitative estimate of drug-likeness (QED) is 0.829. The molecular formula is C18H15ClF2N4O2. The number of nitriles is 1. The molecule has 1 atom stereocenters. The molecule has 0 unspecified atom stereocenters. The Morgan fingerprint density at radius 1 is 1.41 bits per heavy atom. The van der Waals surface area contributed by atoms with Crippen molar-refractivity contribution in [1.29, 1.82) is 5.26 Å². The fraction of sp³-hybridized carbons (Fsp3) is 0.278. The topological polar surface area (TPSA) is 89.2 Å². The lowest BCUT2D eigenvalue weighted by Gasteiger charge is -2.27. The lowest BCUT2D eigenvalue weighted by molar-refractivity contribution is 0.182. The maximum atomic E-state index is 13.8. The summed E-state index contributed by atoms with van der Waals surface area (Å²) in [5.74, 6) is -1.55. The van der Waals surface area contributed by atoms with Gasteiger partial charge in [-0.25, -0.2) is 18.6 Å². The van der Waals surface area contributed by atoms with E-state index in [1.165, 1.54) is 6.20 Å². The number of pyridine rings is 1. The van der Waals surface area contributed by atoms with Crippen LogP contribution in [0.15, 0.2) is 24.4 Å². The number of anilines is 1. The summed E-state index contributed by atoms with van der Waals surface area (Å²) in [6.07, 6.45) is 0.580. The van der Waals surface area contributed by atoms with Gasteiger partial charge in [0.25, 0.3) is 0 Å². The van der Waals surface area contributed by atoms with Crippen LogP contribution in [0.2, 0.25) is 5.02 Å². The van der Waals surface area contributed by atoms with E-state index in [9.17, 15) is 18.8 Å². The van der Waals surface area contributed by atoms with Crippen molar-refractivity contribution in [2.75, 3.05) is 18.0 Å². The Bertz CT molecular complexity index is 943. The van der Waals surface area contributed by atoms with E-state index in [2.05, 4.69) is 10.3 Å². The number of amides is 1. The zero-order valence-electron chi connectivity index (χ0n) is 14.3. The second-order valence-electron chi connectivity index (χ2n) is 6.61. The van der Waals surface area contributed by atoms with Gasteiger partial charge in [-0.2, -0.15) is 5.26 Å². The lowest BCUT2D eigenvalue weighted by Crippen LogP contribution is -2.47. The number of hydrogen-bond donors (Lipinski definition) is 2. The van der Waals surface area contributed by atoms with Gasteiger partial charge in [0.05, 0.1) is 16.2 Å². The largest absolute Gasteiger partial charge is 0.465 e. The van der Waals surface area contributed by atoms with E-state index >= 15 is 0 Å². The molecule has 2 heterocycles. The molecule has 1 fully saturated rings. The number of nitrogens with zero attached hydrogens (tertiary/aromatic N) is 3. The number of benzene rings is 1. The number of carbonyl (C=O) groups is 1. The van der Waals surface area contributed by atoms with Crippen LogP contribution in [0.5, 0.6) is 0 Å². The van der Waals surface area contributed by atoms with Crippen molar-refractivity contribution < 1.29 is 18.7 Å². The summed E-state index contributed by atoms with van der Waals surface area (Å²) >= 11 is 6.28. The summed E-state index contributed by atoms with van der Waals surface area (Å²) in [5.41, 5.74) is 0.0719. The third-order valence-electron chi connectivity index (χ3n) is 4.46. The summed E-state index contributed by atoms with van der Waals surface area (Å²) in [5, 5.41) is 21.1. The molecule has 0 spiro atoms. The van der Waals surface area contributed by atoms with Crippen LogP contribution in [-0.4, -0.2) is 34.8 Å². The standard InChI is InChI=1S/C18H15ClF2N4O2/c1-18(24-17(26)27)2-3-25(9-18)16-14(7-22)23-8-13(19)15(16)10-4-11(20)6-12(21)5-10/h4-6,8,24H,2-3,9H2,1H3,(H,26,27)/t18-/m0/s1. The van der Waals surface area contributed by atoms with E-state index in [1.807, 2.05) is 6.07 Å². The number of nitrogens with one attached hydrogen (secondary N) is 1. The summed E-state index contributed by atoms with van der Waals surface area (Å²) in [6, 6.07) is 4.96. The highest BCUT2D eigenvalue weighted by molar-refractivity contribution is 6.34. The molecule has 2 N–H and O–H groups in total. The maximum Gasteiger partial charge on any atom is 0.405 e. The van der Waals surface area contributed by atoms with Gasteiger partial charge in [-0.1, -0.05) is 11.6 Å². The van der Waals surface area contributed by atoms with Crippen molar-refractivity contribution >= 4 is 23.4 Å². The first kappa shape index (κ1) is 18.9. The number of rotatable bonds is 3. The van der Waals surface area contributed by atoms with Crippen LogP contribution in [0.3, 0.4) is 0 Å². The minimum absolute atomic E-state index is 0.0404. The fourth-order valence-corrected chi connectivity index (χ4v) is 3.60. The normalized spacial score (nSPS) is 19.0. The van der Waals surface area contributed by atoms with E-state index in [0.717, 1.165) is 18.2 Å². The highest BCUT2D eigenvalue weighted by Gasteiger charge is 2.37. The number of halogens is 3. The molecule has 1 amide bonds. The molecule has 27 heavy (non-hydrogen) atoms. The molecule has 140 valence electrons. The summed E-state index contributed by atoms with van der Waals surface area (Å²) in [6.45, 7) is 2.41. The lowest BCUT2D eigenvalue weighted by atomic mass is 10.0. The van der Waals surface area contributed by atoms with Gasteiger partial charge >= 0.3 is 6.09 Å². The van der Waals surface area contributed by atoms with E-state index < -0.39 is 23.3 Å². The Labute approximate surface area is 159 Å². The van der Waals surface area contributed by atoms with Crippen LogP contribution in [-0.2, 0) is 0 Å². The fourth-order valence-electron chi connectivity index (χ4n) is 3.35. The molecule has 0 aliphatic carbocycles. The Hall–Kier alpha value is -2.92. The van der Waals surface area contributed by atoms with Crippen LogP contribution in [0, 0.1) is 23.0 Å². The molecule has 1 aromatic heterocycles. The number of aromatic nitrogens is 1. The van der Waals surface area contributed by atoms with Crippen molar-refractivity contribution in [3.05, 3.63) is 46.7 Å². The van der Waals surface area contributed by atoms with E-state index in [1.54, 1.807) is 11.8 Å². The first-order valence-electron chi connectivity index (χ1n) is 8.03. The third-order valence-corrected chi connectivity index (χ3v) is 4.75. The van der Waals surface area contributed by atoms with Crippen LogP contribution in [0.1, 0.15) is 19.0 Å². The molecule has 1 aromatic carbocycles. The van der Waals surface area contributed by atoms with Crippen molar-refractivity contribution in [2.45, 2.75) is 18.9 Å². The van der Waals surface area contributed by atoms with Gasteiger partial charge in [0.1, 0.15) is 17.7 Å². The molecule has 1 aliphatic rings. The molecule has 3 rings (SSSR count). The van der Waals surface area contributed by atoms with Crippen LogP contribution < -0.4 is 10.2 Å². The van der Waals surface area contributed by atoms with E-state index in [-0.39, 0.29) is 28.4 Å². The molecule has 0 bridgehead atoms. The van der Waals surface area contributed by atoms with Gasteiger partial charge in [0, 0.05) is 30.9 Å². The molecule has 0 saturated carbocycles. The maximum absolute atomic E-state index is 13.8. The number of hydrogen-bond acceptors (Lipinski definition) is 4. The Morgan fingerprint density at radius 3 is 2.67 bits per heavy atom. The molecule has 6 nitrogen and oxygen atoms in total. The minimum atomic E-state index is -1.16. The summed E-state index contributed by atoms with van der Waals surface area (Å²) < 4.78 is 27.5. The van der Waals surface area contributed by atoms with Crippen LogP contribution >= 0.6 is 11.6 Å². The molecule has 1 saturated heterocycles. The minimum Gasteiger partial charge on any atom is -0.465 e. The molecule has 9 heteroatoms. The van der Waals surface area contributed by atoms with E-state index in [0.29, 0.717) is 18.7 Å². The second-order valence-corrected chi connectivity index (χ2v) is 7.02. The average molecular weight is 393 g/mol. The summed E-state index contributed by atoms with van der Waals surface area (Å²) in [4.78, 5) is 16.8. The van der Waals surface area contributed by atoms with E-state index in [4.69, 9.17) is 16.7 Å². The van der Waals surface area contributed by atoms with Gasteiger partial charge in [-0.05, 0) is 31.0 Å². The Kier molecular flexibility index (Phi) is 4.89. The van der Waals surface area contributed by atoms with Crippen molar-refractivity contribution in [1.82, 2.24) is 10.3 Å². The highest BCUT2D eigenvalue weighted by atomic mass is 35.5. The Morgan fingerprint density at radius 2 is 2.07 bits per heavy atom. The Balaban J connectivity index is 2.14. The van der Waals surface area contributed by atoms with Gasteiger partial charge < -0.3 is 15.3 Å². The van der Waals surface area contributed by atoms with Crippen LogP contribution in [0.4, 0.5) is 19.3 Å². The predicted molar refractivity (Wildman–Crippen MR) is 95.7 cm³/mol. The SMILES string of the molecule is C[C@]1(NC(=O)O)CCN(c2c(C#N)ncc(Cl)c2-c2cc(F)cc(F)c2)C1. The molecule has 1 aliphatic heterocycles. The average Bonchev–Trinajstić information content (AvgIpc) is 2.94. The molecule has 2 aromatic rings. The van der Waals surface area contributed by atoms with Crippen LogP contribution in [0.25, 0.3) is 11.1 Å². The van der Waals surface area contributed by atoms with Gasteiger partial charge in [-0.3, -0.25) is 0 Å². The first-order valence-corrected chi connectivity index (χ1v) is 8.41. The number of carboxylic acid groups (broad SMARTS) is 1. The zero-order valence-corrected chi connectivity index (χ0v) is 15.0. The third kappa shape index (κ3) is 3.78. The highest BCUT2D eigenvalue weighted by Crippen LogP contribution is 2.41. The predicted octanol–water partition coefficient (Wildman–Crippen LogP) is 3.79. The summed E-state index contributed by atoms with van der Waals surface area (Å²) in [7, 11) is 0. The van der Waals surface area contributed by atoms with Gasteiger partial charge in [0.2, 0.25) is 0 Å². The van der Waals surface area contributed by atoms with Gasteiger partial charge in [0.15, 0.2) is 5.69 Å². The van der Waals surface area contributed by atoms with Crippen molar-refractivity contribution in [3.8, 4) is 17.2 Å². The molecular weight excluding hydrogens is 378 g/mol. The van der Waals surface area contributed by atoms with Gasteiger partial charge in [-0.15, -0.1) is 0 Å². The van der Waals surface area contributed by atoms with Crippen molar-refractivity contribution in [3.63, 3.8) is 0 Å². The smallest absolute Gasteiger partial charge is 0.405 e. The second kappa shape index (κ2) is 7.00. The zero-order chi connectivity index (χ0) is 19.8. The molecule has 0 radical (unpaired) electrons. The monoisotopic (exact) mass is 392 g/mol.